The molecule has 16 heavy (non-hydrogen) atoms. The quantitative estimate of drug-likeness (QED) is 0.807. The van der Waals surface area contributed by atoms with E-state index in [-0.39, 0.29) is 6.03 Å². The Morgan fingerprint density at radius 3 is 2.94 bits per heavy atom. The standard InChI is InChI=1S/C11H15N3OS/c1-8-7-16-10(12-8)14-5-4-13(11(14)15)6-9-2-3-9/h7,9H,2-6H2,1H3. The Morgan fingerprint density at radius 1 is 1.50 bits per heavy atom. The van der Waals surface area contributed by atoms with Gasteiger partial charge in [-0.15, -0.1) is 11.3 Å². The van der Waals surface area contributed by atoms with Crippen LogP contribution in [-0.2, 0) is 0 Å². The number of nitrogens with zero attached hydrogens (tertiary/aromatic N) is 3. The molecule has 2 heterocycles. The number of aromatic nitrogens is 1. The first-order valence-electron chi connectivity index (χ1n) is 5.72. The maximum Gasteiger partial charge on any atom is 0.326 e. The summed E-state index contributed by atoms with van der Waals surface area (Å²) < 4.78 is 0. The topological polar surface area (TPSA) is 36.4 Å². The summed E-state index contributed by atoms with van der Waals surface area (Å²) in [5.41, 5.74) is 0.994. The predicted octanol–water partition coefficient (Wildman–Crippen LogP) is 2.10. The number of rotatable bonds is 3. The van der Waals surface area contributed by atoms with E-state index < -0.39 is 0 Å². The molecule has 0 N–H and O–H groups in total. The normalized spacial score (nSPS) is 20.9. The second-order valence-electron chi connectivity index (χ2n) is 4.60. The van der Waals surface area contributed by atoms with E-state index in [0.29, 0.717) is 0 Å². The highest BCUT2D eigenvalue weighted by Crippen LogP contribution is 2.32. The fraction of sp³-hybridized carbons (Fsp3) is 0.636. The van der Waals surface area contributed by atoms with Crippen molar-refractivity contribution in [3.05, 3.63) is 11.1 Å². The predicted molar refractivity (Wildman–Crippen MR) is 63.9 cm³/mol. The molecule has 1 saturated heterocycles. The van der Waals surface area contributed by atoms with E-state index in [1.54, 1.807) is 16.2 Å². The number of hydrogen-bond donors (Lipinski definition) is 0. The Labute approximate surface area is 98.9 Å². The summed E-state index contributed by atoms with van der Waals surface area (Å²) in [6, 6.07) is 0.140. The van der Waals surface area contributed by atoms with Crippen molar-refractivity contribution in [2.75, 3.05) is 24.5 Å². The van der Waals surface area contributed by atoms with Gasteiger partial charge >= 0.3 is 6.03 Å². The maximum atomic E-state index is 12.1. The molecule has 1 aliphatic carbocycles. The Bertz CT molecular complexity index is 413. The third-order valence-electron chi connectivity index (χ3n) is 3.11. The lowest BCUT2D eigenvalue weighted by atomic mass is 10.4. The van der Waals surface area contributed by atoms with Gasteiger partial charge in [-0.2, -0.15) is 0 Å². The van der Waals surface area contributed by atoms with Gasteiger partial charge < -0.3 is 4.90 Å². The van der Waals surface area contributed by atoms with Crippen molar-refractivity contribution in [2.45, 2.75) is 19.8 Å². The Hall–Kier alpha value is -1.10. The van der Waals surface area contributed by atoms with Crippen LogP contribution in [0.3, 0.4) is 0 Å². The SMILES string of the molecule is Cc1csc(N2CCN(CC3CC3)C2=O)n1. The summed E-state index contributed by atoms with van der Waals surface area (Å²) in [6.45, 7) is 4.55. The van der Waals surface area contributed by atoms with Gasteiger partial charge in [-0.25, -0.2) is 9.78 Å². The number of anilines is 1. The van der Waals surface area contributed by atoms with E-state index in [0.717, 1.165) is 36.4 Å². The van der Waals surface area contributed by atoms with Crippen molar-refractivity contribution in [3.63, 3.8) is 0 Å². The van der Waals surface area contributed by atoms with Gasteiger partial charge in [0.05, 0.1) is 5.69 Å². The lowest BCUT2D eigenvalue weighted by Gasteiger charge is -2.16. The Morgan fingerprint density at radius 2 is 2.31 bits per heavy atom. The molecule has 0 unspecified atom stereocenters. The van der Waals surface area contributed by atoms with Crippen LogP contribution in [0, 0.1) is 12.8 Å². The Kier molecular flexibility index (Phi) is 2.35. The Balaban J connectivity index is 1.71. The van der Waals surface area contributed by atoms with Crippen molar-refractivity contribution < 1.29 is 4.79 Å². The number of thiazole rings is 1. The lowest BCUT2D eigenvalue weighted by molar-refractivity contribution is 0.218. The number of hydrogen-bond acceptors (Lipinski definition) is 3. The molecule has 1 aromatic heterocycles. The van der Waals surface area contributed by atoms with Gasteiger partial charge in [0.15, 0.2) is 5.13 Å². The molecule has 0 atom stereocenters. The van der Waals surface area contributed by atoms with E-state index in [9.17, 15) is 4.79 Å². The van der Waals surface area contributed by atoms with E-state index in [1.165, 1.54) is 12.8 Å². The van der Waals surface area contributed by atoms with Crippen molar-refractivity contribution in [1.82, 2.24) is 9.88 Å². The minimum Gasteiger partial charge on any atom is -0.322 e. The number of carbonyl (C=O) groups excluding carboxylic acids is 1. The first-order valence-corrected chi connectivity index (χ1v) is 6.60. The molecular weight excluding hydrogens is 222 g/mol. The van der Waals surface area contributed by atoms with Gasteiger partial charge in [-0.3, -0.25) is 4.90 Å². The molecule has 0 bridgehead atoms. The van der Waals surface area contributed by atoms with Crippen LogP contribution in [0.4, 0.5) is 9.93 Å². The number of aryl methyl sites for hydroxylation is 1. The summed E-state index contributed by atoms with van der Waals surface area (Å²) in [7, 11) is 0. The van der Waals surface area contributed by atoms with Crippen LogP contribution in [-0.4, -0.2) is 35.5 Å². The number of urea groups is 1. The lowest BCUT2D eigenvalue weighted by Crippen LogP contribution is -2.33. The van der Waals surface area contributed by atoms with Gasteiger partial charge in [0.2, 0.25) is 0 Å². The minimum absolute atomic E-state index is 0.140. The summed E-state index contributed by atoms with van der Waals surface area (Å²) >= 11 is 1.55. The highest BCUT2D eigenvalue weighted by atomic mass is 32.1. The second-order valence-corrected chi connectivity index (χ2v) is 5.43. The average Bonchev–Trinajstić information content (AvgIpc) is 2.87. The molecule has 4 nitrogen and oxygen atoms in total. The summed E-state index contributed by atoms with van der Waals surface area (Å²) in [4.78, 5) is 20.2. The zero-order chi connectivity index (χ0) is 11.1. The fourth-order valence-corrected chi connectivity index (χ4v) is 2.83. The second kappa shape index (κ2) is 3.73. The van der Waals surface area contributed by atoms with Gasteiger partial charge in [0, 0.05) is 25.0 Å². The van der Waals surface area contributed by atoms with Gasteiger partial charge in [0.25, 0.3) is 0 Å². The van der Waals surface area contributed by atoms with Crippen LogP contribution >= 0.6 is 11.3 Å². The van der Waals surface area contributed by atoms with Crippen LogP contribution in [0.1, 0.15) is 18.5 Å². The van der Waals surface area contributed by atoms with Gasteiger partial charge in [-0.05, 0) is 25.7 Å². The summed E-state index contributed by atoms with van der Waals surface area (Å²) in [6.07, 6.45) is 2.58. The summed E-state index contributed by atoms with van der Waals surface area (Å²) in [5, 5.41) is 2.84. The van der Waals surface area contributed by atoms with Gasteiger partial charge in [0.1, 0.15) is 0 Å². The van der Waals surface area contributed by atoms with Crippen molar-refractivity contribution in [3.8, 4) is 0 Å². The molecule has 2 aliphatic rings. The van der Waals surface area contributed by atoms with E-state index in [4.69, 9.17) is 0 Å². The molecule has 86 valence electrons. The van der Waals surface area contributed by atoms with Gasteiger partial charge in [-0.1, -0.05) is 0 Å². The third-order valence-corrected chi connectivity index (χ3v) is 4.09. The molecule has 0 radical (unpaired) electrons. The van der Waals surface area contributed by atoms with E-state index in [1.807, 2.05) is 17.2 Å². The van der Waals surface area contributed by atoms with Crippen LogP contribution in [0.15, 0.2) is 5.38 Å². The van der Waals surface area contributed by atoms with Crippen LogP contribution in [0.2, 0.25) is 0 Å². The molecule has 1 saturated carbocycles. The average molecular weight is 237 g/mol. The molecular formula is C11H15N3OS. The zero-order valence-electron chi connectivity index (χ0n) is 9.35. The number of amides is 2. The number of carbonyl (C=O) groups is 1. The van der Waals surface area contributed by atoms with Crippen LogP contribution in [0.5, 0.6) is 0 Å². The molecule has 0 spiro atoms. The molecule has 2 fully saturated rings. The van der Waals surface area contributed by atoms with Crippen molar-refractivity contribution in [2.24, 2.45) is 5.92 Å². The monoisotopic (exact) mass is 237 g/mol. The summed E-state index contributed by atoms with van der Waals surface area (Å²) in [5.74, 6) is 0.766. The fourth-order valence-electron chi connectivity index (χ4n) is 2.01. The van der Waals surface area contributed by atoms with Crippen molar-refractivity contribution >= 4 is 22.5 Å². The molecule has 2 amide bonds. The molecule has 3 rings (SSSR count). The minimum atomic E-state index is 0.140. The van der Waals surface area contributed by atoms with E-state index >= 15 is 0 Å². The molecule has 1 aromatic rings. The highest BCUT2D eigenvalue weighted by Gasteiger charge is 2.34. The first kappa shape index (κ1) is 10.1. The van der Waals surface area contributed by atoms with Crippen LogP contribution in [0.25, 0.3) is 0 Å². The van der Waals surface area contributed by atoms with Crippen molar-refractivity contribution in [1.29, 1.82) is 0 Å². The van der Waals surface area contributed by atoms with E-state index in [2.05, 4.69) is 4.98 Å². The van der Waals surface area contributed by atoms with Crippen LogP contribution < -0.4 is 4.90 Å². The maximum absolute atomic E-state index is 12.1. The third kappa shape index (κ3) is 1.80. The zero-order valence-corrected chi connectivity index (χ0v) is 10.2. The molecule has 1 aliphatic heterocycles. The smallest absolute Gasteiger partial charge is 0.322 e. The molecule has 5 heteroatoms. The molecule has 0 aromatic carbocycles. The highest BCUT2D eigenvalue weighted by molar-refractivity contribution is 7.14. The first-order chi connectivity index (χ1) is 7.74. The largest absolute Gasteiger partial charge is 0.326 e.